The van der Waals surface area contributed by atoms with Crippen LogP contribution in [0.25, 0.3) is 0 Å². The van der Waals surface area contributed by atoms with Crippen LogP contribution < -0.4 is 5.73 Å². The Balaban J connectivity index is 1.95. The molecule has 1 heterocycles. The Labute approximate surface area is 92.0 Å². The Morgan fingerprint density at radius 2 is 2.20 bits per heavy atom. The molecule has 0 aromatic rings. The zero-order chi connectivity index (χ0) is 10.9. The van der Waals surface area contributed by atoms with Crippen molar-refractivity contribution in [2.75, 3.05) is 13.1 Å². The lowest BCUT2D eigenvalue weighted by atomic mass is 9.76. The molecular formula is C12H22N2O. The van der Waals surface area contributed by atoms with Crippen LogP contribution in [-0.2, 0) is 4.79 Å². The Bertz CT molecular complexity index is 248. The van der Waals surface area contributed by atoms with E-state index in [9.17, 15) is 4.79 Å². The van der Waals surface area contributed by atoms with Crippen LogP contribution in [0, 0.1) is 5.92 Å². The fraction of sp³-hybridized carbons (Fsp3) is 0.917. The first-order valence-electron chi connectivity index (χ1n) is 6.24. The number of hydrogen-bond donors (Lipinski definition) is 1. The number of hydrogen-bond acceptors (Lipinski definition) is 2. The van der Waals surface area contributed by atoms with Crippen LogP contribution in [-0.4, -0.2) is 29.4 Å². The summed E-state index contributed by atoms with van der Waals surface area (Å²) in [4.78, 5) is 14.2. The molecule has 1 unspecified atom stereocenters. The average Bonchev–Trinajstić information content (AvgIpc) is 2.25. The third-order valence-corrected chi connectivity index (χ3v) is 4.06. The lowest BCUT2D eigenvalue weighted by molar-refractivity contribution is -0.142. The molecule has 15 heavy (non-hydrogen) atoms. The number of nitrogens with zero attached hydrogens (tertiary/aromatic N) is 1. The first-order chi connectivity index (χ1) is 7.15. The monoisotopic (exact) mass is 210 g/mol. The zero-order valence-electron chi connectivity index (χ0n) is 9.67. The summed E-state index contributed by atoms with van der Waals surface area (Å²) in [6.07, 6.45) is 6.51. The molecule has 0 bridgehead atoms. The van der Waals surface area contributed by atoms with Gasteiger partial charge in [-0.3, -0.25) is 4.79 Å². The van der Waals surface area contributed by atoms with Gasteiger partial charge in [-0.15, -0.1) is 0 Å². The molecule has 2 fully saturated rings. The molecule has 1 saturated carbocycles. The third kappa shape index (κ3) is 2.03. The van der Waals surface area contributed by atoms with Crippen LogP contribution in [0.15, 0.2) is 0 Å². The Morgan fingerprint density at radius 1 is 1.47 bits per heavy atom. The van der Waals surface area contributed by atoms with Gasteiger partial charge in [0.2, 0.25) is 5.91 Å². The van der Waals surface area contributed by atoms with Crippen molar-refractivity contribution < 1.29 is 4.79 Å². The SMILES string of the molecule is CCC1CCCN(C(=O)C2(N)CCC2)C1. The summed E-state index contributed by atoms with van der Waals surface area (Å²) in [7, 11) is 0. The van der Waals surface area contributed by atoms with Gasteiger partial charge >= 0.3 is 0 Å². The third-order valence-electron chi connectivity index (χ3n) is 4.06. The molecular weight excluding hydrogens is 188 g/mol. The summed E-state index contributed by atoms with van der Waals surface area (Å²) in [6.45, 7) is 4.07. The van der Waals surface area contributed by atoms with E-state index in [0.29, 0.717) is 5.92 Å². The maximum Gasteiger partial charge on any atom is 0.242 e. The minimum absolute atomic E-state index is 0.215. The fourth-order valence-corrected chi connectivity index (χ4v) is 2.67. The molecule has 1 aliphatic carbocycles. The Hall–Kier alpha value is -0.570. The summed E-state index contributed by atoms with van der Waals surface area (Å²) in [5, 5.41) is 0. The van der Waals surface area contributed by atoms with Crippen LogP contribution in [0.2, 0.25) is 0 Å². The van der Waals surface area contributed by atoms with Gasteiger partial charge in [0, 0.05) is 13.1 Å². The summed E-state index contributed by atoms with van der Waals surface area (Å²) in [5.74, 6) is 0.915. The number of rotatable bonds is 2. The normalized spacial score (nSPS) is 29.7. The highest BCUT2D eigenvalue weighted by Crippen LogP contribution is 2.32. The van der Waals surface area contributed by atoms with Gasteiger partial charge < -0.3 is 10.6 Å². The minimum Gasteiger partial charge on any atom is -0.341 e. The number of likely N-dealkylation sites (tertiary alicyclic amines) is 1. The van der Waals surface area contributed by atoms with Crippen LogP contribution in [0.1, 0.15) is 45.4 Å². The van der Waals surface area contributed by atoms with Crippen molar-refractivity contribution in [3.8, 4) is 0 Å². The topological polar surface area (TPSA) is 46.3 Å². The van der Waals surface area contributed by atoms with Crippen molar-refractivity contribution in [3.05, 3.63) is 0 Å². The summed E-state index contributed by atoms with van der Waals surface area (Å²) >= 11 is 0. The van der Waals surface area contributed by atoms with E-state index in [1.54, 1.807) is 0 Å². The maximum absolute atomic E-state index is 12.2. The second-order valence-corrected chi connectivity index (χ2v) is 5.18. The predicted molar refractivity (Wildman–Crippen MR) is 60.4 cm³/mol. The van der Waals surface area contributed by atoms with E-state index in [2.05, 4.69) is 6.92 Å². The van der Waals surface area contributed by atoms with E-state index in [1.165, 1.54) is 12.8 Å². The molecule has 0 spiro atoms. The molecule has 0 aromatic heterocycles. The van der Waals surface area contributed by atoms with Crippen LogP contribution >= 0.6 is 0 Å². The van der Waals surface area contributed by atoms with Gasteiger partial charge in [-0.05, 0) is 38.0 Å². The van der Waals surface area contributed by atoms with Gasteiger partial charge in [-0.25, -0.2) is 0 Å². The van der Waals surface area contributed by atoms with E-state index in [-0.39, 0.29) is 5.91 Å². The highest BCUT2D eigenvalue weighted by atomic mass is 16.2. The van der Waals surface area contributed by atoms with Crippen LogP contribution in [0.4, 0.5) is 0 Å². The average molecular weight is 210 g/mol. The van der Waals surface area contributed by atoms with Gasteiger partial charge in [0.25, 0.3) is 0 Å². The smallest absolute Gasteiger partial charge is 0.242 e. The molecule has 2 rings (SSSR count). The van der Waals surface area contributed by atoms with Gasteiger partial charge in [0.1, 0.15) is 0 Å². The number of amides is 1. The number of piperidine rings is 1. The Kier molecular flexibility index (Phi) is 3.01. The van der Waals surface area contributed by atoms with E-state index in [1.807, 2.05) is 4.90 Å². The second-order valence-electron chi connectivity index (χ2n) is 5.18. The van der Waals surface area contributed by atoms with Crippen LogP contribution in [0.5, 0.6) is 0 Å². The van der Waals surface area contributed by atoms with E-state index < -0.39 is 5.54 Å². The predicted octanol–water partition coefficient (Wildman–Crippen LogP) is 1.52. The molecule has 3 nitrogen and oxygen atoms in total. The van der Waals surface area contributed by atoms with E-state index in [0.717, 1.165) is 38.8 Å². The van der Waals surface area contributed by atoms with Crippen molar-refractivity contribution in [2.24, 2.45) is 11.7 Å². The molecule has 1 aliphatic heterocycles. The summed E-state index contributed by atoms with van der Waals surface area (Å²) < 4.78 is 0. The van der Waals surface area contributed by atoms with E-state index in [4.69, 9.17) is 5.73 Å². The maximum atomic E-state index is 12.2. The number of carbonyl (C=O) groups excluding carboxylic acids is 1. The first-order valence-corrected chi connectivity index (χ1v) is 6.24. The first kappa shape index (κ1) is 10.9. The quantitative estimate of drug-likeness (QED) is 0.751. The lowest BCUT2D eigenvalue weighted by Crippen LogP contribution is -2.60. The van der Waals surface area contributed by atoms with E-state index >= 15 is 0 Å². The van der Waals surface area contributed by atoms with Gasteiger partial charge in [0.15, 0.2) is 0 Å². The number of carbonyl (C=O) groups is 1. The Morgan fingerprint density at radius 3 is 2.73 bits per heavy atom. The molecule has 2 N–H and O–H groups in total. The lowest BCUT2D eigenvalue weighted by Gasteiger charge is -2.43. The van der Waals surface area contributed by atoms with Gasteiger partial charge in [-0.1, -0.05) is 13.3 Å². The highest BCUT2D eigenvalue weighted by molar-refractivity contribution is 5.87. The van der Waals surface area contributed by atoms with Gasteiger partial charge in [0.05, 0.1) is 5.54 Å². The van der Waals surface area contributed by atoms with Gasteiger partial charge in [-0.2, -0.15) is 0 Å². The largest absolute Gasteiger partial charge is 0.341 e. The molecule has 1 atom stereocenters. The minimum atomic E-state index is -0.490. The molecule has 2 aliphatic rings. The highest BCUT2D eigenvalue weighted by Gasteiger charge is 2.43. The molecule has 3 heteroatoms. The molecule has 1 saturated heterocycles. The molecule has 0 radical (unpaired) electrons. The molecule has 1 amide bonds. The van der Waals surface area contributed by atoms with Crippen molar-refractivity contribution in [1.29, 1.82) is 0 Å². The fourth-order valence-electron chi connectivity index (χ4n) is 2.67. The zero-order valence-corrected chi connectivity index (χ0v) is 9.67. The number of nitrogens with two attached hydrogens (primary N) is 1. The summed E-state index contributed by atoms with van der Waals surface area (Å²) in [6, 6.07) is 0. The summed E-state index contributed by atoms with van der Waals surface area (Å²) in [5.41, 5.74) is 5.58. The standard InChI is InChI=1S/C12H22N2O/c1-2-10-5-3-8-14(9-10)11(15)12(13)6-4-7-12/h10H,2-9,13H2,1H3. The second kappa shape index (κ2) is 4.12. The molecule has 0 aromatic carbocycles. The van der Waals surface area contributed by atoms with Crippen molar-refractivity contribution >= 4 is 5.91 Å². The van der Waals surface area contributed by atoms with Crippen molar-refractivity contribution in [1.82, 2.24) is 4.90 Å². The van der Waals surface area contributed by atoms with Crippen molar-refractivity contribution in [2.45, 2.75) is 51.0 Å². The van der Waals surface area contributed by atoms with Crippen molar-refractivity contribution in [3.63, 3.8) is 0 Å². The van der Waals surface area contributed by atoms with Crippen LogP contribution in [0.3, 0.4) is 0 Å². The molecule has 86 valence electrons.